The van der Waals surface area contributed by atoms with Crippen LogP contribution >= 0.6 is 0 Å². The second-order valence-electron chi connectivity index (χ2n) is 6.13. The Kier molecular flexibility index (Phi) is 9.26. The molecule has 2 aromatic carbocycles. The average molecular weight is 417 g/mol. The number of hydrogen-bond donors (Lipinski definition) is 2. The van der Waals surface area contributed by atoms with Gasteiger partial charge in [0.1, 0.15) is 12.4 Å². The van der Waals surface area contributed by atoms with Crippen molar-refractivity contribution in [3.8, 4) is 11.5 Å². The first-order valence-corrected chi connectivity index (χ1v) is 9.19. The highest BCUT2D eigenvalue weighted by molar-refractivity contribution is 6.35. The van der Waals surface area contributed by atoms with E-state index < -0.39 is 11.8 Å². The van der Waals surface area contributed by atoms with Crippen molar-refractivity contribution in [2.75, 3.05) is 27.4 Å². The standard InChI is InChI=1S/C21H24FN3O5/c1-28-11-3-10-23-20(26)21(27)25-24-13-16-6-9-18(19(12-16)29-2)30-14-15-4-7-17(22)8-5-15/h4-9,12-13H,3,10-11,14H2,1-2H3,(H,23,26)(H,25,27)/b24-13-. The predicted molar refractivity (Wildman–Crippen MR) is 109 cm³/mol. The maximum atomic E-state index is 13.0. The van der Waals surface area contributed by atoms with E-state index in [0.717, 1.165) is 5.56 Å². The van der Waals surface area contributed by atoms with Gasteiger partial charge in [-0.25, -0.2) is 9.82 Å². The molecule has 0 saturated heterocycles. The SMILES string of the molecule is COCCCNC(=O)C(=O)N/N=C\c1ccc(OCc2ccc(F)cc2)c(OC)c1. The molecular formula is C21H24FN3O5. The Labute approximate surface area is 174 Å². The molecule has 0 heterocycles. The summed E-state index contributed by atoms with van der Waals surface area (Å²) in [5.41, 5.74) is 3.60. The molecule has 8 nitrogen and oxygen atoms in total. The summed E-state index contributed by atoms with van der Waals surface area (Å²) in [6, 6.07) is 11.1. The third-order valence-corrected chi connectivity index (χ3v) is 3.89. The number of methoxy groups -OCH3 is 2. The third kappa shape index (κ3) is 7.51. The summed E-state index contributed by atoms with van der Waals surface area (Å²) in [5.74, 6) is -0.988. The maximum Gasteiger partial charge on any atom is 0.329 e. The molecule has 0 atom stereocenters. The molecular weight excluding hydrogens is 393 g/mol. The van der Waals surface area contributed by atoms with Gasteiger partial charge in [0.15, 0.2) is 11.5 Å². The van der Waals surface area contributed by atoms with Crippen molar-refractivity contribution in [1.82, 2.24) is 10.7 Å². The molecule has 0 aliphatic carbocycles. The van der Waals surface area contributed by atoms with Crippen LogP contribution in [0.1, 0.15) is 17.5 Å². The summed E-state index contributed by atoms with van der Waals surface area (Å²) in [5, 5.41) is 6.23. The first-order valence-electron chi connectivity index (χ1n) is 9.19. The van der Waals surface area contributed by atoms with Gasteiger partial charge in [-0.3, -0.25) is 9.59 Å². The van der Waals surface area contributed by atoms with E-state index in [4.69, 9.17) is 14.2 Å². The topological polar surface area (TPSA) is 98.2 Å². The van der Waals surface area contributed by atoms with Gasteiger partial charge < -0.3 is 19.5 Å². The van der Waals surface area contributed by atoms with Crippen molar-refractivity contribution < 1.29 is 28.2 Å². The quantitative estimate of drug-likeness (QED) is 0.267. The smallest absolute Gasteiger partial charge is 0.329 e. The highest BCUT2D eigenvalue weighted by Crippen LogP contribution is 2.28. The van der Waals surface area contributed by atoms with E-state index in [9.17, 15) is 14.0 Å². The normalized spacial score (nSPS) is 10.6. The summed E-state index contributed by atoms with van der Waals surface area (Å²) >= 11 is 0. The van der Waals surface area contributed by atoms with Gasteiger partial charge in [0.25, 0.3) is 0 Å². The zero-order valence-corrected chi connectivity index (χ0v) is 16.8. The van der Waals surface area contributed by atoms with E-state index in [1.165, 1.54) is 25.5 Å². The van der Waals surface area contributed by atoms with E-state index in [2.05, 4.69) is 15.8 Å². The molecule has 2 rings (SSSR count). The molecule has 2 amide bonds. The first-order chi connectivity index (χ1) is 14.5. The number of hydrogen-bond acceptors (Lipinski definition) is 6. The van der Waals surface area contributed by atoms with Crippen LogP contribution in [-0.2, 0) is 20.9 Å². The summed E-state index contributed by atoms with van der Waals surface area (Å²) in [6.45, 7) is 1.07. The molecule has 0 bridgehead atoms. The van der Waals surface area contributed by atoms with Crippen LogP contribution in [0.2, 0.25) is 0 Å². The Balaban J connectivity index is 1.88. The van der Waals surface area contributed by atoms with Crippen LogP contribution in [0.4, 0.5) is 4.39 Å². The molecule has 0 saturated carbocycles. The Hall–Kier alpha value is -3.46. The van der Waals surface area contributed by atoms with Gasteiger partial charge in [-0.05, 0) is 47.9 Å². The third-order valence-electron chi connectivity index (χ3n) is 3.89. The monoisotopic (exact) mass is 417 g/mol. The molecule has 30 heavy (non-hydrogen) atoms. The van der Waals surface area contributed by atoms with Crippen molar-refractivity contribution in [3.05, 3.63) is 59.4 Å². The minimum absolute atomic E-state index is 0.250. The number of nitrogens with zero attached hydrogens (tertiary/aromatic N) is 1. The highest BCUT2D eigenvalue weighted by atomic mass is 19.1. The Morgan fingerprint density at radius 3 is 2.53 bits per heavy atom. The molecule has 0 aliphatic rings. The van der Waals surface area contributed by atoms with Crippen LogP contribution < -0.4 is 20.2 Å². The Morgan fingerprint density at radius 2 is 1.83 bits per heavy atom. The fourth-order valence-electron chi connectivity index (χ4n) is 2.34. The molecule has 2 N–H and O–H groups in total. The molecule has 0 unspecified atom stereocenters. The number of rotatable bonds is 10. The number of carbonyl (C=O) groups is 2. The number of amides is 2. The summed E-state index contributed by atoms with van der Waals surface area (Å²) in [6.07, 6.45) is 1.98. The molecule has 160 valence electrons. The number of hydrazone groups is 1. The molecule has 0 fully saturated rings. The van der Waals surface area contributed by atoms with Gasteiger partial charge in [-0.1, -0.05) is 12.1 Å². The average Bonchev–Trinajstić information content (AvgIpc) is 2.76. The Morgan fingerprint density at radius 1 is 1.07 bits per heavy atom. The second kappa shape index (κ2) is 12.2. The van der Waals surface area contributed by atoms with Gasteiger partial charge in [0.2, 0.25) is 0 Å². The lowest BCUT2D eigenvalue weighted by Crippen LogP contribution is -2.38. The van der Waals surface area contributed by atoms with Gasteiger partial charge >= 0.3 is 11.8 Å². The molecule has 0 aliphatic heterocycles. The van der Waals surface area contributed by atoms with Gasteiger partial charge in [-0.15, -0.1) is 0 Å². The van der Waals surface area contributed by atoms with E-state index >= 15 is 0 Å². The number of nitrogens with one attached hydrogen (secondary N) is 2. The van der Waals surface area contributed by atoms with E-state index in [1.54, 1.807) is 37.4 Å². The maximum absolute atomic E-state index is 13.0. The van der Waals surface area contributed by atoms with Crippen molar-refractivity contribution in [3.63, 3.8) is 0 Å². The minimum atomic E-state index is -0.866. The van der Waals surface area contributed by atoms with Gasteiger partial charge in [-0.2, -0.15) is 5.10 Å². The first kappa shape index (κ1) is 22.8. The lowest BCUT2D eigenvalue weighted by molar-refractivity contribution is -0.139. The van der Waals surface area contributed by atoms with Crippen LogP contribution in [0.5, 0.6) is 11.5 Å². The van der Waals surface area contributed by atoms with Crippen molar-refractivity contribution in [2.45, 2.75) is 13.0 Å². The second-order valence-corrected chi connectivity index (χ2v) is 6.13. The van der Waals surface area contributed by atoms with Crippen LogP contribution in [0.25, 0.3) is 0 Å². The highest BCUT2D eigenvalue weighted by Gasteiger charge is 2.11. The number of halogens is 1. The molecule has 9 heteroatoms. The van der Waals surface area contributed by atoms with Gasteiger partial charge in [0, 0.05) is 20.3 Å². The van der Waals surface area contributed by atoms with E-state index in [0.29, 0.717) is 36.6 Å². The fourth-order valence-corrected chi connectivity index (χ4v) is 2.34. The molecule has 2 aromatic rings. The molecule has 0 radical (unpaired) electrons. The lowest BCUT2D eigenvalue weighted by atomic mass is 10.2. The van der Waals surface area contributed by atoms with E-state index in [1.807, 2.05) is 0 Å². The van der Waals surface area contributed by atoms with E-state index in [-0.39, 0.29) is 12.4 Å². The Bertz CT molecular complexity index is 871. The zero-order chi connectivity index (χ0) is 21.8. The summed E-state index contributed by atoms with van der Waals surface area (Å²) < 4.78 is 28.9. The lowest BCUT2D eigenvalue weighted by Gasteiger charge is -2.11. The summed E-state index contributed by atoms with van der Waals surface area (Å²) in [4.78, 5) is 23.3. The van der Waals surface area contributed by atoms with Gasteiger partial charge in [0.05, 0.1) is 13.3 Å². The minimum Gasteiger partial charge on any atom is -0.493 e. The van der Waals surface area contributed by atoms with Crippen LogP contribution in [0, 0.1) is 5.82 Å². The van der Waals surface area contributed by atoms with Crippen molar-refractivity contribution in [2.24, 2.45) is 5.10 Å². The zero-order valence-electron chi connectivity index (χ0n) is 16.8. The molecule has 0 aromatic heterocycles. The number of benzene rings is 2. The largest absolute Gasteiger partial charge is 0.493 e. The predicted octanol–water partition coefficient (Wildman–Crippen LogP) is 2.02. The van der Waals surface area contributed by atoms with Crippen molar-refractivity contribution >= 4 is 18.0 Å². The van der Waals surface area contributed by atoms with Crippen LogP contribution in [0.15, 0.2) is 47.6 Å². The number of carbonyl (C=O) groups excluding carboxylic acids is 2. The van der Waals surface area contributed by atoms with Crippen LogP contribution in [0.3, 0.4) is 0 Å². The number of ether oxygens (including phenoxy) is 3. The van der Waals surface area contributed by atoms with Crippen molar-refractivity contribution in [1.29, 1.82) is 0 Å². The molecule has 0 spiro atoms. The fraction of sp³-hybridized carbons (Fsp3) is 0.286. The summed E-state index contributed by atoms with van der Waals surface area (Å²) in [7, 11) is 3.05. The van der Waals surface area contributed by atoms with Crippen LogP contribution in [-0.4, -0.2) is 45.4 Å².